The first-order chi connectivity index (χ1) is 13.5. The molecule has 1 fully saturated rings. The van der Waals surface area contributed by atoms with Crippen molar-refractivity contribution in [1.29, 1.82) is 0 Å². The second kappa shape index (κ2) is 7.05. The zero-order valence-corrected chi connectivity index (χ0v) is 15.5. The molecule has 1 atom stereocenters. The van der Waals surface area contributed by atoms with E-state index in [4.69, 9.17) is 0 Å². The number of nitrogens with zero attached hydrogens (tertiary/aromatic N) is 1. The molecule has 3 aromatic carbocycles. The molecule has 4 nitrogen and oxygen atoms in total. The predicted octanol–water partition coefficient (Wildman–Crippen LogP) is 4.33. The van der Waals surface area contributed by atoms with Crippen molar-refractivity contribution in [2.24, 2.45) is 0 Å². The number of amides is 1. The van der Waals surface area contributed by atoms with Gasteiger partial charge in [0.1, 0.15) is 10.7 Å². The Labute approximate surface area is 162 Å². The molecular formula is C22H16FNO3S. The fraction of sp³-hybridized carbons (Fsp3) is 0.0455. The van der Waals surface area contributed by atoms with Crippen molar-refractivity contribution in [2.45, 2.75) is 5.37 Å². The third kappa shape index (κ3) is 3.12. The number of hydrogen-bond acceptors (Lipinski definition) is 3. The highest BCUT2D eigenvalue weighted by Crippen LogP contribution is 2.43. The maximum absolute atomic E-state index is 13.4. The third-order valence-electron chi connectivity index (χ3n) is 4.55. The van der Waals surface area contributed by atoms with E-state index in [1.807, 2.05) is 0 Å². The van der Waals surface area contributed by atoms with Crippen LogP contribution < -0.4 is 4.90 Å². The predicted molar refractivity (Wildman–Crippen MR) is 106 cm³/mol. The maximum atomic E-state index is 13.4. The Morgan fingerprint density at radius 3 is 2.00 bits per heavy atom. The SMILES string of the molecule is O=C1/C(=C/c2ccc(F)cc2)S(=O)(=O)C(c2ccccc2)N1c1ccccc1. The lowest BCUT2D eigenvalue weighted by molar-refractivity contribution is -0.114. The summed E-state index contributed by atoms with van der Waals surface area (Å²) < 4.78 is 39.9. The van der Waals surface area contributed by atoms with Gasteiger partial charge < -0.3 is 0 Å². The Bertz CT molecular complexity index is 1140. The lowest BCUT2D eigenvalue weighted by Gasteiger charge is -2.23. The summed E-state index contributed by atoms with van der Waals surface area (Å²) in [7, 11) is -3.99. The molecule has 1 saturated heterocycles. The van der Waals surface area contributed by atoms with Crippen LogP contribution >= 0.6 is 0 Å². The summed E-state index contributed by atoms with van der Waals surface area (Å²) in [5.41, 5.74) is 1.43. The molecule has 0 bridgehead atoms. The van der Waals surface area contributed by atoms with E-state index in [1.54, 1.807) is 60.7 Å². The highest BCUT2D eigenvalue weighted by molar-refractivity contribution is 7.97. The first kappa shape index (κ1) is 18.1. The van der Waals surface area contributed by atoms with Gasteiger partial charge in [-0.1, -0.05) is 60.7 Å². The Morgan fingerprint density at radius 1 is 0.821 bits per heavy atom. The number of carbonyl (C=O) groups is 1. The van der Waals surface area contributed by atoms with Crippen LogP contribution in [0.1, 0.15) is 16.5 Å². The number of rotatable bonds is 3. The number of anilines is 1. The number of halogens is 1. The minimum atomic E-state index is -3.99. The number of carbonyl (C=O) groups excluding carboxylic acids is 1. The van der Waals surface area contributed by atoms with Crippen LogP contribution in [0.5, 0.6) is 0 Å². The van der Waals surface area contributed by atoms with Crippen LogP contribution in [0.25, 0.3) is 6.08 Å². The van der Waals surface area contributed by atoms with Gasteiger partial charge in [0.05, 0.1) is 0 Å². The monoisotopic (exact) mass is 393 g/mol. The largest absolute Gasteiger partial charge is 0.286 e. The van der Waals surface area contributed by atoms with Gasteiger partial charge >= 0.3 is 0 Å². The average Bonchev–Trinajstić information content (AvgIpc) is 2.91. The van der Waals surface area contributed by atoms with Gasteiger partial charge in [0.15, 0.2) is 5.37 Å². The maximum Gasteiger partial charge on any atom is 0.271 e. The third-order valence-corrected chi connectivity index (χ3v) is 6.53. The van der Waals surface area contributed by atoms with E-state index in [2.05, 4.69) is 0 Å². The molecule has 6 heteroatoms. The zero-order valence-electron chi connectivity index (χ0n) is 14.7. The first-order valence-corrected chi connectivity index (χ1v) is 10.2. The summed E-state index contributed by atoms with van der Waals surface area (Å²) in [6.07, 6.45) is 1.30. The van der Waals surface area contributed by atoms with Gasteiger partial charge in [0, 0.05) is 5.69 Å². The van der Waals surface area contributed by atoms with Crippen LogP contribution in [0.15, 0.2) is 89.8 Å². The summed E-state index contributed by atoms with van der Waals surface area (Å²) in [6.45, 7) is 0. The van der Waals surface area contributed by atoms with E-state index in [0.29, 0.717) is 16.8 Å². The van der Waals surface area contributed by atoms with Crippen LogP contribution in [0.2, 0.25) is 0 Å². The Morgan fingerprint density at radius 2 is 1.39 bits per heavy atom. The molecule has 1 amide bonds. The van der Waals surface area contributed by atoms with Crippen LogP contribution in [0.4, 0.5) is 10.1 Å². The molecule has 0 N–H and O–H groups in total. The number of para-hydroxylation sites is 1. The number of sulfone groups is 1. The Hall–Kier alpha value is -3.25. The molecule has 0 radical (unpaired) electrons. The van der Waals surface area contributed by atoms with Crippen molar-refractivity contribution in [2.75, 3.05) is 4.90 Å². The highest BCUT2D eigenvalue weighted by Gasteiger charge is 2.50. The minimum Gasteiger partial charge on any atom is -0.286 e. The fourth-order valence-corrected chi connectivity index (χ4v) is 5.14. The minimum absolute atomic E-state index is 0.309. The smallest absolute Gasteiger partial charge is 0.271 e. The second-order valence-corrected chi connectivity index (χ2v) is 8.36. The van der Waals surface area contributed by atoms with Gasteiger partial charge in [0.2, 0.25) is 9.84 Å². The average molecular weight is 393 g/mol. The molecule has 3 aromatic rings. The number of benzene rings is 3. The topological polar surface area (TPSA) is 54.5 Å². The molecule has 0 aromatic heterocycles. The summed E-state index contributed by atoms with van der Waals surface area (Å²) in [6, 6.07) is 22.7. The summed E-state index contributed by atoms with van der Waals surface area (Å²) in [5, 5.41) is -1.16. The molecule has 4 rings (SSSR count). The van der Waals surface area contributed by atoms with Crippen LogP contribution in [-0.2, 0) is 14.6 Å². The van der Waals surface area contributed by atoms with Crippen LogP contribution in [0.3, 0.4) is 0 Å². The summed E-state index contributed by atoms with van der Waals surface area (Å²) in [5.74, 6) is -1.04. The van der Waals surface area contributed by atoms with E-state index in [0.717, 1.165) is 0 Å². The standard InChI is InChI=1S/C22H16FNO3S/c23-18-13-11-16(12-14-18)15-20-21(25)24(19-9-5-2-6-10-19)22(28(20,26)27)17-7-3-1-4-8-17/h1-15,22H/b20-15-. The summed E-state index contributed by atoms with van der Waals surface area (Å²) >= 11 is 0. The van der Waals surface area contributed by atoms with Gasteiger partial charge in [-0.25, -0.2) is 12.8 Å². The quantitative estimate of drug-likeness (QED) is 0.623. The van der Waals surface area contributed by atoms with Crippen molar-refractivity contribution in [3.05, 3.63) is 107 Å². The molecule has 0 spiro atoms. The van der Waals surface area contributed by atoms with Gasteiger partial charge in [0.25, 0.3) is 5.91 Å². The van der Waals surface area contributed by atoms with E-state index >= 15 is 0 Å². The molecule has 0 aliphatic carbocycles. The molecular weight excluding hydrogens is 377 g/mol. The van der Waals surface area contributed by atoms with E-state index in [-0.39, 0.29) is 4.91 Å². The van der Waals surface area contributed by atoms with E-state index in [9.17, 15) is 17.6 Å². The molecule has 1 aliphatic rings. The van der Waals surface area contributed by atoms with Gasteiger partial charge in [-0.2, -0.15) is 0 Å². The Kier molecular flexibility index (Phi) is 4.57. The van der Waals surface area contributed by atoms with Crippen LogP contribution in [-0.4, -0.2) is 14.3 Å². The molecule has 140 valence electrons. The lowest BCUT2D eigenvalue weighted by Crippen LogP contribution is -2.28. The lowest BCUT2D eigenvalue weighted by atomic mass is 10.1. The zero-order chi connectivity index (χ0) is 19.7. The fourth-order valence-electron chi connectivity index (χ4n) is 3.25. The van der Waals surface area contributed by atoms with Gasteiger partial charge in [-0.05, 0) is 41.5 Å². The van der Waals surface area contributed by atoms with Crippen LogP contribution in [0, 0.1) is 5.82 Å². The van der Waals surface area contributed by atoms with Gasteiger partial charge in [-0.15, -0.1) is 0 Å². The van der Waals surface area contributed by atoms with E-state index in [1.165, 1.54) is 35.2 Å². The molecule has 1 aliphatic heterocycles. The Balaban J connectivity index is 1.90. The molecule has 28 heavy (non-hydrogen) atoms. The summed E-state index contributed by atoms with van der Waals surface area (Å²) in [4.78, 5) is 14.2. The van der Waals surface area contributed by atoms with Crippen molar-refractivity contribution in [3.8, 4) is 0 Å². The van der Waals surface area contributed by atoms with Crippen molar-refractivity contribution < 1.29 is 17.6 Å². The normalized spacial score (nSPS) is 19.9. The second-order valence-electron chi connectivity index (χ2n) is 6.38. The van der Waals surface area contributed by atoms with Crippen molar-refractivity contribution in [1.82, 2.24) is 0 Å². The van der Waals surface area contributed by atoms with Crippen molar-refractivity contribution >= 4 is 27.5 Å². The van der Waals surface area contributed by atoms with Crippen molar-refractivity contribution in [3.63, 3.8) is 0 Å². The molecule has 0 saturated carbocycles. The molecule has 1 heterocycles. The number of hydrogen-bond donors (Lipinski definition) is 0. The highest BCUT2D eigenvalue weighted by atomic mass is 32.2. The molecule has 1 unspecified atom stereocenters. The first-order valence-electron chi connectivity index (χ1n) is 8.63. The van der Waals surface area contributed by atoms with E-state index < -0.39 is 26.9 Å². The van der Waals surface area contributed by atoms with Gasteiger partial charge in [-0.3, -0.25) is 9.69 Å².